The fourth-order valence-electron chi connectivity index (χ4n) is 6.10. The number of hydrogen-bond donors (Lipinski definition) is 6. The van der Waals surface area contributed by atoms with Crippen LogP contribution in [0.25, 0.3) is 21.8 Å². The summed E-state index contributed by atoms with van der Waals surface area (Å²) in [5.74, 6) is -2.96. The van der Waals surface area contributed by atoms with Gasteiger partial charge < -0.3 is 40.0 Å². The second kappa shape index (κ2) is 9.14. The third-order valence-corrected chi connectivity index (χ3v) is 7.98. The first-order valence-corrected chi connectivity index (χ1v) is 12.2. The van der Waals surface area contributed by atoms with E-state index in [0.717, 1.165) is 27.5 Å². The molecule has 2 saturated heterocycles. The Morgan fingerprint density at radius 3 is 2.62 bits per heavy atom. The number of aliphatic hydroxyl groups excluding tert-OH is 4. The molecular weight excluding hydrogens is 484 g/mol. The van der Waals surface area contributed by atoms with Crippen LogP contribution >= 0.6 is 0 Å². The third kappa shape index (κ3) is 3.69. The van der Waals surface area contributed by atoms with Gasteiger partial charge in [0, 0.05) is 40.6 Å². The largest absolute Gasteiger partial charge is 0.481 e. The van der Waals surface area contributed by atoms with Crippen molar-refractivity contribution in [2.24, 2.45) is 17.8 Å². The van der Waals surface area contributed by atoms with Crippen LogP contribution in [0.3, 0.4) is 0 Å². The van der Waals surface area contributed by atoms with Gasteiger partial charge in [-0.25, -0.2) is 0 Å². The molecule has 0 unspecified atom stereocenters. The summed E-state index contributed by atoms with van der Waals surface area (Å²) in [6.07, 6.45) is -5.53. The van der Waals surface area contributed by atoms with Gasteiger partial charge in [-0.05, 0) is 6.07 Å². The lowest BCUT2D eigenvalue weighted by atomic mass is 9.72. The fourth-order valence-corrected chi connectivity index (χ4v) is 6.10. The lowest BCUT2D eigenvalue weighted by Gasteiger charge is -2.47. The van der Waals surface area contributed by atoms with Crippen LogP contribution < -0.4 is 4.57 Å². The molecule has 0 aliphatic carbocycles. The van der Waals surface area contributed by atoms with E-state index >= 15 is 0 Å². The lowest BCUT2D eigenvalue weighted by molar-refractivity contribution is -0.791. The standard InChI is InChI=1S/C26H28N2O9/c1-2-11-14-9-16-19-13(12-5-3-4-6-15(12)27-19)7-8-28(16)23(18(14)24(33)34)36-25(11)37-26-22(32)21(31)20(30)17(10-29)35-26/h2-8,11,14,17-18,20-23,25-26,29-32H,1,9-10H2,(H,33,34)/p+1/t11-,14+,17-,18+,20-,21+,22-,23-,25+,26+/m1/s1. The lowest BCUT2D eigenvalue weighted by Crippen LogP contribution is -2.65. The van der Waals surface area contributed by atoms with Crippen molar-refractivity contribution in [3.8, 4) is 0 Å². The molecule has 37 heavy (non-hydrogen) atoms. The first-order valence-electron chi connectivity index (χ1n) is 12.2. The first-order chi connectivity index (χ1) is 17.8. The third-order valence-electron chi connectivity index (χ3n) is 7.98. The number of fused-ring (bicyclic) bond motifs is 8. The molecule has 0 saturated carbocycles. The average molecular weight is 514 g/mol. The summed E-state index contributed by atoms with van der Waals surface area (Å²) in [5.41, 5.74) is 2.78. The molecule has 2 aromatic heterocycles. The monoisotopic (exact) mass is 513 g/mol. The molecule has 6 rings (SSSR count). The van der Waals surface area contributed by atoms with E-state index in [2.05, 4.69) is 11.6 Å². The van der Waals surface area contributed by atoms with Crippen molar-refractivity contribution < 1.29 is 49.1 Å². The van der Waals surface area contributed by atoms with Crippen molar-refractivity contribution in [2.75, 3.05) is 6.61 Å². The minimum absolute atomic E-state index is 0.395. The van der Waals surface area contributed by atoms with Gasteiger partial charge in [0.05, 0.1) is 6.61 Å². The Labute approximate surface area is 211 Å². The number of para-hydroxylation sites is 1. The van der Waals surface area contributed by atoms with Gasteiger partial charge in [0.2, 0.25) is 5.69 Å². The van der Waals surface area contributed by atoms with Gasteiger partial charge in [-0.15, -0.1) is 6.58 Å². The van der Waals surface area contributed by atoms with Crippen LogP contribution in [0.15, 0.2) is 49.2 Å². The second-order valence-electron chi connectivity index (χ2n) is 9.90. The van der Waals surface area contributed by atoms with E-state index in [1.165, 1.54) is 0 Å². The number of carboxylic acid groups (broad SMARTS) is 1. The van der Waals surface area contributed by atoms with E-state index < -0.39 is 73.6 Å². The zero-order valence-electron chi connectivity index (χ0n) is 19.8. The maximum atomic E-state index is 12.4. The summed E-state index contributed by atoms with van der Waals surface area (Å²) in [6, 6.07) is 9.86. The van der Waals surface area contributed by atoms with Gasteiger partial charge in [-0.1, -0.05) is 24.3 Å². The van der Waals surface area contributed by atoms with E-state index in [1.807, 2.05) is 36.5 Å². The predicted molar refractivity (Wildman–Crippen MR) is 127 cm³/mol. The van der Waals surface area contributed by atoms with Gasteiger partial charge in [-0.2, -0.15) is 4.57 Å². The molecule has 3 aliphatic rings. The van der Waals surface area contributed by atoms with E-state index in [4.69, 9.17) is 14.2 Å². The Morgan fingerprint density at radius 2 is 1.89 bits per heavy atom. The summed E-state index contributed by atoms with van der Waals surface area (Å²) in [6.45, 7) is 3.30. The van der Waals surface area contributed by atoms with Gasteiger partial charge >= 0.3 is 5.97 Å². The Morgan fingerprint density at radius 1 is 1.11 bits per heavy atom. The molecule has 6 N–H and O–H groups in total. The maximum absolute atomic E-state index is 12.4. The van der Waals surface area contributed by atoms with E-state index in [-0.39, 0.29) is 0 Å². The Balaban J connectivity index is 1.39. The Kier molecular flexibility index (Phi) is 6.03. The van der Waals surface area contributed by atoms with Crippen LogP contribution in [-0.2, 0) is 25.4 Å². The topological polar surface area (TPSA) is 166 Å². The SMILES string of the molecule is C=C[C@H]1[C@H](O[C@@H]2O[C@H](CO)[C@@H](O)[C@H](O)[C@H]2O)O[C@@H]2[C@@H](C(=O)O)[C@H]1Cc1c3[nH]c4ccccc4c3cc[n+]12. The molecule has 11 heteroatoms. The maximum Gasteiger partial charge on any atom is 0.316 e. The molecule has 3 aliphatic heterocycles. The highest BCUT2D eigenvalue weighted by Gasteiger charge is 2.58. The number of ether oxygens (including phenoxy) is 3. The number of hydrogen-bond acceptors (Lipinski definition) is 8. The molecule has 1 aromatic carbocycles. The number of carbonyl (C=O) groups is 1. The Bertz CT molecular complexity index is 1360. The summed E-state index contributed by atoms with van der Waals surface area (Å²) in [5, 5.41) is 52.5. The number of benzene rings is 1. The zero-order chi connectivity index (χ0) is 26.0. The van der Waals surface area contributed by atoms with Crippen LogP contribution in [0.4, 0.5) is 0 Å². The van der Waals surface area contributed by atoms with Crippen LogP contribution in [0.5, 0.6) is 0 Å². The smallest absolute Gasteiger partial charge is 0.316 e. The molecule has 196 valence electrons. The number of carboxylic acids is 1. The van der Waals surface area contributed by atoms with E-state index in [1.54, 1.807) is 10.6 Å². The minimum Gasteiger partial charge on any atom is -0.481 e. The number of nitrogens with zero attached hydrogens (tertiary/aromatic N) is 1. The van der Waals surface area contributed by atoms with Gasteiger partial charge in [0.15, 0.2) is 18.8 Å². The molecule has 2 bridgehead atoms. The molecule has 0 amide bonds. The highest BCUT2D eigenvalue weighted by Crippen LogP contribution is 2.46. The first kappa shape index (κ1) is 24.4. The molecule has 5 heterocycles. The second-order valence-corrected chi connectivity index (χ2v) is 9.90. The van der Waals surface area contributed by atoms with Crippen molar-refractivity contribution in [1.82, 2.24) is 4.98 Å². The molecule has 0 spiro atoms. The molecule has 10 atom stereocenters. The number of aromatic amines is 1. The summed E-state index contributed by atoms with van der Waals surface area (Å²) in [4.78, 5) is 15.9. The van der Waals surface area contributed by atoms with Gasteiger partial charge in [0.1, 0.15) is 35.9 Å². The average Bonchev–Trinajstić information content (AvgIpc) is 3.28. The van der Waals surface area contributed by atoms with Crippen molar-refractivity contribution in [3.05, 3.63) is 54.9 Å². The normalized spacial score (nSPS) is 37.4. The number of aromatic nitrogens is 2. The van der Waals surface area contributed by atoms with Crippen molar-refractivity contribution in [3.63, 3.8) is 0 Å². The van der Waals surface area contributed by atoms with Crippen LogP contribution in [-0.4, -0.2) is 80.1 Å². The minimum atomic E-state index is -1.62. The summed E-state index contributed by atoms with van der Waals surface area (Å²) in [7, 11) is 0. The van der Waals surface area contributed by atoms with Gasteiger partial charge in [-0.3, -0.25) is 9.53 Å². The Hall–Kier alpha value is -2.90. The summed E-state index contributed by atoms with van der Waals surface area (Å²) >= 11 is 0. The van der Waals surface area contributed by atoms with Crippen molar-refractivity contribution in [2.45, 2.75) is 49.6 Å². The quantitative estimate of drug-likeness (QED) is 0.203. The van der Waals surface area contributed by atoms with Crippen LogP contribution in [0.1, 0.15) is 11.9 Å². The number of pyridine rings is 1. The molecule has 2 fully saturated rings. The van der Waals surface area contributed by atoms with Crippen LogP contribution in [0, 0.1) is 17.8 Å². The number of aliphatic carboxylic acids is 1. The number of aliphatic hydroxyl groups is 4. The van der Waals surface area contributed by atoms with Crippen LogP contribution in [0.2, 0.25) is 0 Å². The zero-order valence-corrected chi connectivity index (χ0v) is 19.8. The van der Waals surface area contributed by atoms with Crippen molar-refractivity contribution in [1.29, 1.82) is 0 Å². The summed E-state index contributed by atoms with van der Waals surface area (Å²) < 4.78 is 19.5. The predicted octanol–water partition coefficient (Wildman–Crippen LogP) is -0.0447. The highest BCUT2D eigenvalue weighted by molar-refractivity contribution is 6.07. The number of nitrogens with one attached hydrogen (secondary N) is 1. The number of H-pyrrole nitrogens is 1. The fraction of sp³-hybridized carbons (Fsp3) is 0.462. The molecule has 0 radical (unpaired) electrons. The van der Waals surface area contributed by atoms with Crippen molar-refractivity contribution >= 4 is 27.8 Å². The van der Waals surface area contributed by atoms with Gasteiger partial charge in [0.25, 0.3) is 6.23 Å². The van der Waals surface area contributed by atoms with E-state index in [9.17, 15) is 30.3 Å². The molecule has 11 nitrogen and oxygen atoms in total. The highest BCUT2D eigenvalue weighted by atomic mass is 16.8. The molecular formula is C26H29N2O9+. The number of rotatable bonds is 5. The molecule has 3 aromatic rings. The van der Waals surface area contributed by atoms with E-state index in [0.29, 0.717) is 6.42 Å².